The largest absolute Gasteiger partial charge is 0.493 e. The predicted octanol–water partition coefficient (Wildman–Crippen LogP) is 2.89. The Morgan fingerprint density at radius 2 is 1.88 bits per heavy atom. The van der Waals surface area contributed by atoms with Gasteiger partial charge in [0.25, 0.3) is 0 Å². The van der Waals surface area contributed by atoms with Gasteiger partial charge in [0.2, 0.25) is 5.91 Å². The molecule has 2 saturated heterocycles. The van der Waals surface area contributed by atoms with E-state index in [4.69, 9.17) is 4.74 Å². The van der Waals surface area contributed by atoms with Crippen molar-refractivity contribution in [2.75, 3.05) is 44.3 Å². The molecule has 132 valence electrons. The molecule has 0 bridgehead atoms. The number of ether oxygens (including phenoxy) is 1. The summed E-state index contributed by atoms with van der Waals surface area (Å²) >= 11 is 2.08. The van der Waals surface area contributed by atoms with Crippen molar-refractivity contribution in [1.82, 2.24) is 9.80 Å². The molecule has 2 aliphatic rings. The molecule has 0 N–H and O–H groups in total. The SMILES string of the molecule is O=C(CCOc1ccccc1)N1CCCN(C2CCSCC2)CC1. The third-order valence-electron chi connectivity index (χ3n) is 4.92. The van der Waals surface area contributed by atoms with Gasteiger partial charge in [0.15, 0.2) is 0 Å². The number of rotatable bonds is 5. The van der Waals surface area contributed by atoms with Crippen molar-refractivity contribution in [3.8, 4) is 5.75 Å². The van der Waals surface area contributed by atoms with Crippen LogP contribution in [0.3, 0.4) is 0 Å². The quantitative estimate of drug-likeness (QED) is 0.819. The standard InChI is InChI=1S/C19H28N2O2S/c22-19(7-14-23-18-5-2-1-3-6-18)21-11-4-10-20(12-13-21)17-8-15-24-16-9-17/h1-3,5-6,17H,4,7-16H2. The number of carbonyl (C=O) groups is 1. The van der Waals surface area contributed by atoms with E-state index in [0.717, 1.165) is 44.4 Å². The van der Waals surface area contributed by atoms with Crippen molar-refractivity contribution >= 4 is 17.7 Å². The van der Waals surface area contributed by atoms with Crippen LogP contribution in [0.1, 0.15) is 25.7 Å². The van der Waals surface area contributed by atoms with Crippen molar-refractivity contribution in [3.63, 3.8) is 0 Å². The molecule has 2 heterocycles. The average molecular weight is 349 g/mol. The molecule has 24 heavy (non-hydrogen) atoms. The van der Waals surface area contributed by atoms with E-state index in [1.807, 2.05) is 35.2 Å². The second kappa shape index (κ2) is 9.33. The fraction of sp³-hybridized carbons (Fsp3) is 0.632. The van der Waals surface area contributed by atoms with Gasteiger partial charge >= 0.3 is 0 Å². The van der Waals surface area contributed by atoms with Crippen LogP contribution < -0.4 is 4.74 Å². The number of benzene rings is 1. The molecular weight excluding hydrogens is 320 g/mol. The highest BCUT2D eigenvalue weighted by molar-refractivity contribution is 7.99. The lowest BCUT2D eigenvalue weighted by Gasteiger charge is -2.33. The number of amides is 1. The van der Waals surface area contributed by atoms with Crippen LogP contribution in [0.5, 0.6) is 5.75 Å². The van der Waals surface area contributed by atoms with E-state index in [9.17, 15) is 4.79 Å². The van der Waals surface area contributed by atoms with Crippen LogP contribution in [0.15, 0.2) is 30.3 Å². The van der Waals surface area contributed by atoms with E-state index in [2.05, 4.69) is 16.7 Å². The average Bonchev–Trinajstić information content (AvgIpc) is 2.89. The summed E-state index contributed by atoms with van der Waals surface area (Å²) in [6.45, 7) is 4.39. The highest BCUT2D eigenvalue weighted by atomic mass is 32.2. The van der Waals surface area contributed by atoms with Crippen LogP contribution >= 0.6 is 11.8 Å². The van der Waals surface area contributed by atoms with Gasteiger partial charge in [0.1, 0.15) is 5.75 Å². The monoisotopic (exact) mass is 348 g/mol. The minimum atomic E-state index is 0.229. The van der Waals surface area contributed by atoms with Crippen LogP contribution in [-0.2, 0) is 4.79 Å². The van der Waals surface area contributed by atoms with Crippen LogP contribution in [-0.4, -0.2) is 66.0 Å². The van der Waals surface area contributed by atoms with Gasteiger partial charge in [0.05, 0.1) is 13.0 Å². The van der Waals surface area contributed by atoms with Crippen LogP contribution in [0.2, 0.25) is 0 Å². The molecule has 0 aliphatic carbocycles. The van der Waals surface area contributed by atoms with Crippen molar-refractivity contribution in [1.29, 1.82) is 0 Å². The maximum atomic E-state index is 12.4. The van der Waals surface area contributed by atoms with Crippen molar-refractivity contribution in [2.45, 2.75) is 31.7 Å². The molecule has 0 atom stereocenters. The van der Waals surface area contributed by atoms with Gasteiger partial charge in [-0.1, -0.05) is 18.2 Å². The predicted molar refractivity (Wildman–Crippen MR) is 99.7 cm³/mol. The van der Waals surface area contributed by atoms with Gasteiger partial charge in [-0.05, 0) is 42.9 Å². The third-order valence-corrected chi connectivity index (χ3v) is 5.97. The fourth-order valence-electron chi connectivity index (χ4n) is 3.53. The second-order valence-corrected chi connectivity index (χ2v) is 7.75. The molecule has 1 amide bonds. The van der Waals surface area contributed by atoms with Crippen LogP contribution in [0, 0.1) is 0 Å². The Morgan fingerprint density at radius 1 is 1.08 bits per heavy atom. The maximum absolute atomic E-state index is 12.4. The van der Waals surface area contributed by atoms with Gasteiger partial charge in [-0.3, -0.25) is 9.69 Å². The zero-order chi connectivity index (χ0) is 16.6. The maximum Gasteiger partial charge on any atom is 0.226 e. The molecule has 5 heteroatoms. The molecule has 0 aromatic heterocycles. The molecular formula is C19H28N2O2S. The molecule has 0 unspecified atom stereocenters. The van der Waals surface area contributed by atoms with Crippen LogP contribution in [0.4, 0.5) is 0 Å². The summed E-state index contributed by atoms with van der Waals surface area (Å²) in [4.78, 5) is 17.1. The van der Waals surface area contributed by atoms with Crippen molar-refractivity contribution in [2.24, 2.45) is 0 Å². The summed E-state index contributed by atoms with van der Waals surface area (Å²) < 4.78 is 5.65. The highest BCUT2D eigenvalue weighted by Crippen LogP contribution is 2.22. The van der Waals surface area contributed by atoms with E-state index in [1.165, 1.54) is 24.3 Å². The molecule has 0 radical (unpaired) electrons. The Hall–Kier alpha value is -1.20. The molecule has 0 spiro atoms. The molecule has 0 saturated carbocycles. The zero-order valence-electron chi connectivity index (χ0n) is 14.4. The zero-order valence-corrected chi connectivity index (χ0v) is 15.2. The Bertz CT molecular complexity index is 505. The van der Waals surface area contributed by atoms with E-state index in [0.29, 0.717) is 13.0 Å². The Balaban J connectivity index is 1.40. The molecule has 1 aromatic rings. The number of thioether (sulfide) groups is 1. The van der Waals surface area contributed by atoms with Crippen molar-refractivity contribution in [3.05, 3.63) is 30.3 Å². The normalized spacial score (nSPS) is 20.6. The Morgan fingerprint density at radius 3 is 2.67 bits per heavy atom. The second-order valence-electron chi connectivity index (χ2n) is 6.53. The lowest BCUT2D eigenvalue weighted by Crippen LogP contribution is -2.41. The number of nitrogens with zero attached hydrogens (tertiary/aromatic N) is 2. The summed E-state index contributed by atoms with van der Waals surface area (Å²) in [6, 6.07) is 10.5. The topological polar surface area (TPSA) is 32.8 Å². The molecule has 4 nitrogen and oxygen atoms in total. The first kappa shape index (κ1) is 17.6. The molecule has 2 aliphatic heterocycles. The summed E-state index contributed by atoms with van der Waals surface area (Å²) in [5.74, 6) is 3.65. The van der Waals surface area contributed by atoms with Crippen LogP contribution in [0.25, 0.3) is 0 Å². The number of carbonyl (C=O) groups excluding carboxylic acids is 1. The highest BCUT2D eigenvalue weighted by Gasteiger charge is 2.25. The minimum Gasteiger partial charge on any atom is -0.493 e. The van der Waals surface area contributed by atoms with E-state index in [-0.39, 0.29) is 5.91 Å². The first-order valence-corrected chi connectivity index (χ1v) is 10.3. The summed E-state index contributed by atoms with van der Waals surface area (Å²) in [6.07, 6.45) is 4.18. The van der Waals surface area contributed by atoms with Gasteiger partial charge in [-0.25, -0.2) is 0 Å². The van der Waals surface area contributed by atoms with Gasteiger partial charge in [0, 0.05) is 32.2 Å². The summed E-state index contributed by atoms with van der Waals surface area (Å²) in [5, 5.41) is 0. The Kier molecular flexibility index (Phi) is 6.85. The summed E-state index contributed by atoms with van der Waals surface area (Å²) in [7, 11) is 0. The van der Waals surface area contributed by atoms with E-state index in [1.54, 1.807) is 0 Å². The molecule has 2 fully saturated rings. The lowest BCUT2D eigenvalue weighted by molar-refractivity contribution is -0.131. The summed E-state index contributed by atoms with van der Waals surface area (Å²) in [5.41, 5.74) is 0. The molecule has 1 aromatic carbocycles. The van der Waals surface area contributed by atoms with Gasteiger partial charge in [-0.2, -0.15) is 11.8 Å². The number of hydrogen-bond donors (Lipinski definition) is 0. The number of para-hydroxylation sites is 1. The van der Waals surface area contributed by atoms with Crippen molar-refractivity contribution < 1.29 is 9.53 Å². The number of hydrogen-bond acceptors (Lipinski definition) is 4. The van der Waals surface area contributed by atoms with E-state index < -0.39 is 0 Å². The fourth-order valence-corrected chi connectivity index (χ4v) is 4.61. The minimum absolute atomic E-state index is 0.229. The first-order valence-electron chi connectivity index (χ1n) is 9.10. The first-order chi connectivity index (χ1) is 11.8. The van der Waals surface area contributed by atoms with E-state index >= 15 is 0 Å². The van der Waals surface area contributed by atoms with Gasteiger partial charge in [-0.15, -0.1) is 0 Å². The van der Waals surface area contributed by atoms with Gasteiger partial charge < -0.3 is 9.64 Å². The third kappa shape index (κ3) is 5.15. The smallest absolute Gasteiger partial charge is 0.226 e. The Labute approximate surface area is 149 Å². The molecule has 3 rings (SSSR count). The lowest BCUT2D eigenvalue weighted by atomic mass is 10.1.